The molecule has 1 N–H and O–H groups in total. The lowest BCUT2D eigenvalue weighted by molar-refractivity contribution is -0.121. The number of hydrogen-bond acceptors (Lipinski definition) is 3. The third kappa shape index (κ3) is 3.71. The van der Waals surface area contributed by atoms with Gasteiger partial charge in [0.05, 0.1) is 0 Å². The summed E-state index contributed by atoms with van der Waals surface area (Å²) < 4.78 is 1.74. The molecular weight excluding hydrogens is 216 g/mol. The maximum absolute atomic E-state index is 11.5. The molecule has 0 aliphatic carbocycles. The van der Waals surface area contributed by atoms with Gasteiger partial charge < -0.3 is 5.32 Å². The van der Waals surface area contributed by atoms with E-state index >= 15 is 0 Å². The molecule has 0 unspecified atom stereocenters. The van der Waals surface area contributed by atoms with Crippen LogP contribution in [0.25, 0.3) is 0 Å². The molecule has 0 saturated heterocycles. The van der Waals surface area contributed by atoms with Crippen LogP contribution < -0.4 is 5.32 Å². The minimum Gasteiger partial charge on any atom is -0.352 e. The molecule has 88 valence electrons. The standard InChI is InChI=1S/C12H14N4O/c17-12(4-8-16-7-2-6-15-16)14-10-11-3-1-5-13-9-11/h1-3,5-7,9H,4,8,10H2,(H,14,17). The highest BCUT2D eigenvalue weighted by Crippen LogP contribution is 1.95. The lowest BCUT2D eigenvalue weighted by Crippen LogP contribution is -2.24. The summed E-state index contributed by atoms with van der Waals surface area (Å²) in [5.74, 6) is 0.0179. The van der Waals surface area contributed by atoms with Crippen molar-refractivity contribution in [2.24, 2.45) is 0 Å². The number of aryl methyl sites for hydroxylation is 1. The highest BCUT2D eigenvalue weighted by molar-refractivity contribution is 5.75. The third-order valence-corrected chi connectivity index (χ3v) is 2.34. The molecule has 5 nitrogen and oxygen atoms in total. The van der Waals surface area contributed by atoms with Gasteiger partial charge in [0.1, 0.15) is 0 Å². The Morgan fingerprint density at radius 3 is 3.00 bits per heavy atom. The first kappa shape index (κ1) is 11.3. The number of amides is 1. The van der Waals surface area contributed by atoms with Gasteiger partial charge in [-0.3, -0.25) is 14.5 Å². The van der Waals surface area contributed by atoms with Crippen LogP contribution in [0.2, 0.25) is 0 Å². The zero-order valence-corrected chi connectivity index (χ0v) is 9.41. The van der Waals surface area contributed by atoms with Crippen LogP contribution in [0.15, 0.2) is 43.0 Å². The first-order valence-electron chi connectivity index (χ1n) is 5.47. The Hall–Kier alpha value is -2.17. The third-order valence-electron chi connectivity index (χ3n) is 2.34. The van der Waals surface area contributed by atoms with E-state index in [1.165, 1.54) is 0 Å². The van der Waals surface area contributed by atoms with Gasteiger partial charge in [0.25, 0.3) is 0 Å². The number of hydrogen-bond donors (Lipinski definition) is 1. The molecule has 0 aromatic carbocycles. The van der Waals surface area contributed by atoms with Crippen LogP contribution in [0.1, 0.15) is 12.0 Å². The molecule has 0 fully saturated rings. The van der Waals surface area contributed by atoms with Crippen LogP contribution in [0.4, 0.5) is 0 Å². The van der Waals surface area contributed by atoms with Crippen molar-refractivity contribution in [1.29, 1.82) is 0 Å². The molecule has 2 aromatic heterocycles. The van der Waals surface area contributed by atoms with Crippen LogP contribution in [-0.4, -0.2) is 20.7 Å². The summed E-state index contributed by atoms with van der Waals surface area (Å²) in [7, 11) is 0. The van der Waals surface area contributed by atoms with Crippen molar-refractivity contribution in [3.63, 3.8) is 0 Å². The lowest BCUT2D eigenvalue weighted by atomic mass is 10.3. The van der Waals surface area contributed by atoms with Gasteiger partial charge in [-0.2, -0.15) is 5.10 Å². The molecule has 0 radical (unpaired) electrons. The second-order valence-corrected chi connectivity index (χ2v) is 3.66. The first-order chi connectivity index (χ1) is 8.34. The minimum atomic E-state index is 0.0179. The van der Waals surface area contributed by atoms with Crippen molar-refractivity contribution < 1.29 is 4.79 Å². The molecule has 0 aliphatic rings. The Kier molecular flexibility index (Phi) is 3.85. The van der Waals surface area contributed by atoms with Gasteiger partial charge in [-0.25, -0.2) is 0 Å². The summed E-state index contributed by atoms with van der Waals surface area (Å²) in [6, 6.07) is 5.62. The van der Waals surface area contributed by atoms with Crippen molar-refractivity contribution in [2.75, 3.05) is 0 Å². The Balaban J connectivity index is 1.71. The van der Waals surface area contributed by atoms with Crippen LogP contribution in [0.3, 0.4) is 0 Å². The number of rotatable bonds is 5. The number of pyridine rings is 1. The van der Waals surface area contributed by atoms with Crippen molar-refractivity contribution in [2.45, 2.75) is 19.5 Å². The molecule has 17 heavy (non-hydrogen) atoms. The van der Waals surface area contributed by atoms with E-state index in [9.17, 15) is 4.79 Å². The first-order valence-corrected chi connectivity index (χ1v) is 5.47. The molecule has 5 heteroatoms. The Morgan fingerprint density at radius 2 is 2.29 bits per heavy atom. The topological polar surface area (TPSA) is 59.8 Å². The average molecular weight is 230 g/mol. The van der Waals surface area contributed by atoms with Gasteiger partial charge in [-0.15, -0.1) is 0 Å². The quantitative estimate of drug-likeness (QED) is 0.833. The summed E-state index contributed by atoms with van der Waals surface area (Å²) in [6.07, 6.45) is 7.43. The van der Waals surface area contributed by atoms with Crippen LogP contribution in [-0.2, 0) is 17.9 Å². The van der Waals surface area contributed by atoms with Gasteiger partial charge in [0, 0.05) is 44.3 Å². The number of carbonyl (C=O) groups is 1. The Bertz CT molecular complexity index is 453. The number of nitrogens with zero attached hydrogens (tertiary/aromatic N) is 3. The average Bonchev–Trinajstić information content (AvgIpc) is 2.88. The summed E-state index contributed by atoms with van der Waals surface area (Å²) in [5, 5.41) is 6.87. The van der Waals surface area contributed by atoms with Gasteiger partial charge in [0.2, 0.25) is 5.91 Å². The molecule has 1 amide bonds. The predicted molar refractivity (Wildman–Crippen MR) is 62.9 cm³/mol. The molecule has 2 aromatic rings. The smallest absolute Gasteiger partial charge is 0.222 e. The monoisotopic (exact) mass is 230 g/mol. The van der Waals surface area contributed by atoms with E-state index in [1.807, 2.05) is 24.4 Å². The number of carbonyl (C=O) groups excluding carboxylic acids is 1. The molecule has 0 saturated carbocycles. The highest BCUT2D eigenvalue weighted by Gasteiger charge is 2.01. The number of nitrogens with one attached hydrogen (secondary N) is 1. The summed E-state index contributed by atoms with van der Waals surface area (Å²) >= 11 is 0. The normalized spacial score (nSPS) is 10.1. The maximum atomic E-state index is 11.5. The van der Waals surface area contributed by atoms with Crippen LogP contribution >= 0.6 is 0 Å². The maximum Gasteiger partial charge on any atom is 0.222 e. The van der Waals surface area contributed by atoms with Gasteiger partial charge in [-0.1, -0.05) is 6.07 Å². The van der Waals surface area contributed by atoms with Crippen molar-refractivity contribution in [3.05, 3.63) is 48.5 Å². The van der Waals surface area contributed by atoms with E-state index in [0.29, 0.717) is 19.5 Å². The minimum absolute atomic E-state index is 0.0179. The van der Waals surface area contributed by atoms with E-state index in [-0.39, 0.29) is 5.91 Å². The van der Waals surface area contributed by atoms with E-state index in [0.717, 1.165) is 5.56 Å². The SMILES string of the molecule is O=C(CCn1cccn1)NCc1cccnc1. The molecule has 0 atom stereocenters. The molecule has 0 aliphatic heterocycles. The zero-order valence-electron chi connectivity index (χ0n) is 9.41. The summed E-state index contributed by atoms with van der Waals surface area (Å²) in [4.78, 5) is 15.5. The second-order valence-electron chi connectivity index (χ2n) is 3.66. The highest BCUT2D eigenvalue weighted by atomic mass is 16.1. The fraction of sp³-hybridized carbons (Fsp3) is 0.250. The Morgan fingerprint density at radius 1 is 1.35 bits per heavy atom. The Labute approximate surface area is 99.5 Å². The molecule has 2 rings (SSSR count). The molecule has 2 heterocycles. The summed E-state index contributed by atoms with van der Waals surface area (Å²) in [5.41, 5.74) is 1.000. The van der Waals surface area contributed by atoms with Crippen molar-refractivity contribution in [3.8, 4) is 0 Å². The predicted octanol–water partition coefficient (Wildman–Crippen LogP) is 0.985. The van der Waals surface area contributed by atoms with Gasteiger partial charge in [0.15, 0.2) is 0 Å². The second kappa shape index (κ2) is 5.79. The zero-order chi connectivity index (χ0) is 11.9. The van der Waals surface area contributed by atoms with Crippen molar-refractivity contribution >= 4 is 5.91 Å². The number of aromatic nitrogens is 3. The molecule has 0 bridgehead atoms. The van der Waals surface area contributed by atoms with E-state index < -0.39 is 0 Å². The molecule has 0 spiro atoms. The van der Waals surface area contributed by atoms with E-state index in [2.05, 4.69) is 15.4 Å². The van der Waals surface area contributed by atoms with Gasteiger partial charge in [-0.05, 0) is 17.7 Å². The van der Waals surface area contributed by atoms with E-state index in [4.69, 9.17) is 0 Å². The summed E-state index contributed by atoms with van der Waals surface area (Å²) in [6.45, 7) is 1.12. The van der Waals surface area contributed by atoms with Crippen LogP contribution in [0, 0.1) is 0 Å². The van der Waals surface area contributed by atoms with Gasteiger partial charge >= 0.3 is 0 Å². The van der Waals surface area contributed by atoms with Crippen molar-refractivity contribution in [1.82, 2.24) is 20.1 Å². The fourth-order valence-electron chi connectivity index (χ4n) is 1.44. The fourth-order valence-corrected chi connectivity index (χ4v) is 1.44. The lowest BCUT2D eigenvalue weighted by Gasteiger charge is -2.05. The largest absolute Gasteiger partial charge is 0.352 e. The van der Waals surface area contributed by atoms with E-state index in [1.54, 1.807) is 23.3 Å². The van der Waals surface area contributed by atoms with Crippen LogP contribution in [0.5, 0.6) is 0 Å². The molecular formula is C12H14N4O.